The van der Waals surface area contributed by atoms with E-state index in [1.807, 2.05) is 60.7 Å². The molecular formula is C65H56N4O10S2. The second kappa shape index (κ2) is 21.6. The molecule has 0 radical (unpaired) electrons. The van der Waals surface area contributed by atoms with Crippen LogP contribution in [-0.2, 0) is 18.9 Å². The first-order chi connectivity index (χ1) is 39.5. The van der Waals surface area contributed by atoms with Crippen molar-refractivity contribution in [1.29, 1.82) is 0 Å². The molecule has 8 aromatic rings. The van der Waals surface area contributed by atoms with Gasteiger partial charge in [-0.1, -0.05) is 48.5 Å². The van der Waals surface area contributed by atoms with Crippen molar-refractivity contribution >= 4 is 102 Å². The fourth-order valence-corrected chi connectivity index (χ4v) is 14.3. The van der Waals surface area contributed by atoms with Crippen LogP contribution in [0.15, 0.2) is 121 Å². The molecule has 4 amide bonds. The van der Waals surface area contributed by atoms with Crippen LogP contribution in [0.4, 0.5) is 11.4 Å². The predicted molar refractivity (Wildman–Crippen MR) is 315 cm³/mol. The molecule has 408 valence electrons. The Balaban J connectivity index is 0.628. The highest BCUT2D eigenvalue weighted by Crippen LogP contribution is 2.48. The minimum Gasteiger partial charge on any atom is -0.460 e. The maximum Gasteiger partial charge on any atom is 0.338 e. The van der Waals surface area contributed by atoms with Crippen LogP contribution in [0.25, 0.3) is 53.6 Å². The van der Waals surface area contributed by atoms with Gasteiger partial charge in [-0.15, -0.1) is 22.7 Å². The van der Waals surface area contributed by atoms with E-state index in [4.69, 9.17) is 18.9 Å². The molecule has 0 spiro atoms. The summed E-state index contributed by atoms with van der Waals surface area (Å²) in [6, 6.07) is 37.8. The number of imide groups is 2. The number of carbonyl (C=O) groups excluding carboxylic acids is 6. The summed E-state index contributed by atoms with van der Waals surface area (Å²) in [6.45, 7) is 9.28. The topological polar surface area (TPSA) is 152 Å². The number of hydrogen-bond acceptors (Lipinski definition) is 14. The van der Waals surface area contributed by atoms with Gasteiger partial charge in [-0.2, -0.15) is 0 Å². The Labute approximate surface area is 475 Å². The minimum atomic E-state index is -0.536. The Hall–Kier alpha value is -8.28. The molecule has 0 unspecified atom stereocenters. The molecule has 14 nitrogen and oxygen atoms in total. The summed E-state index contributed by atoms with van der Waals surface area (Å²) in [5, 5.41) is 3.03. The smallest absolute Gasteiger partial charge is 0.338 e. The van der Waals surface area contributed by atoms with E-state index in [0.29, 0.717) is 70.6 Å². The molecule has 5 aliphatic rings. The average molecular weight is 1120 g/mol. The number of thiophene rings is 2. The van der Waals surface area contributed by atoms with Gasteiger partial charge in [-0.25, -0.2) is 9.59 Å². The molecule has 6 heterocycles. The molecule has 0 N–H and O–H groups in total. The van der Waals surface area contributed by atoms with Crippen molar-refractivity contribution in [3.63, 3.8) is 0 Å². The monoisotopic (exact) mass is 1120 g/mol. The predicted octanol–water partition coefficient (Wildman–Crippen LogP) is 11.7. The maximum absolute atomic E-state index is 13.7. The molecular weight excluding hydrogens is 1060 g/mol. The van der Waals surface area contributed by atoms with Gasteiger partial charge in [0.15, 0.2) is 0 Å². The first-order valence-electron chi connectivity index (χ1n) is 27.5. The number of rotatable bonds is 14. The number of nitrogens with zero attached hydrogens (tertiary/aromatic N) is 4. The van der Waals surface area contributed by atoms with E-state index in [2.05, 4.69) is 35.8 Å². The van der Waals surface area contributed by atoms with Gasteiger partial charge >= 0.3 is 11.9 Å². The molecule has 1 aliphatic carbocycles. The zero-order valence-corrected chi connectivity index (χ0v) is 46.5. The summed E-state index contributed by atoms with van der Waals surface area (Å²) >= 11 is 3.44. The number of morpholine rings is 2. The maximum atomic E-state index is 13.7. The van der Waals surface area contributed by atoms with Gasteiger partial charge in [-0.05, 0) is 139 Å². The summed E-state index contributed by atoms with van der Waals surface area (Å²) in [5.41, 5.74) is 11.6. The summed E-state index contributed by atoms with van der Waals surface area (Å²) in [5.74, 6) is -2.69. The largest absolute Gasteiger partial charge is 0.460 e. The van der Waals surface area contributed by atoms with Gasteiger partial charge in [-0.3, -0.25) is 29.0 Å². The first-order valence-corrected chi connectivity index (χ1v) is 29.1. The number of allylic oxidation sites excluding steroid dienone is 2. The van der Waals surface area contributed by atoms with Crippen molar-refractivity contribution in [3.8, 4) is 20.9 Å². The molecule has 2 fully saturated rings. The van der Waals surface area contributed by atoms with Crippen LogP contribution in [0.3, 0.4) is 0 Å². The van der Waals surface area contributed by atoms with Crippen LogP contribution in [0.2, 0.25) is 0 Å². The van der Waals surface area contributed by atoms with Crippen molar-refractivity contribution in [3.05, 3.63) is 176 Å². The second-order valence-corrected chi connectivity index (χ2v) is 23.4. The highest BCUT2D eigenvalue weighted by Gasteiger charge is 2.36. The van der Waals surface area contributed by atoms with Crippen LogP contribution < -0.4 is 9.80 Å². The SMILES string of the molecule is Cc1sc(-c2ccc(C(=O)OCCN3C(=O)c4cccc5c(N6CCOCC6)ccc(c45)C3=O)cc2)cc1C1=C(c2cc(-c3ccc(C(=O)OCCN4C(=O)c5cccc6c(N7CCOCC7)ccc(c56)C4=O)cc3)sc2C)CCC1. The second-order valence-electron chi connectivity index (χ2n) is 20.8. The first kappa shape index (κ1) is 52.1. The average Bonchev–Trinajstić information content (AvgIpc) is 4.39. The van der Waals surface area contributed by atoms with Crippen LogP contribution >= 0.6 is 22.7 Å². The molecule has 0 saturated carbocycles. The van der Waals surface area contributed by atoms with E-state index < -0.39 is 35.6 Å². The number of hydrogen-bond donors (Lipinski definition) is 0. The van der Waals surface area contributed by atoms with Crippen LogP contribution in [-0.4, -0.2) is 124 Å². The van der Waals surface area contributed by atoms with E-state index in [9.17, 15) is 28.8 Å². The highest BCUT2D eigenvalue weighted by atomic mass is 32.1. The Morgan fingerprint density at radius 1 is 0.481 bits per heavy atom. The lowest BCUT2D eigenvalue weighted by Crippen LogP contribution is -2.42. The van der Waals surface area contributed by atoms with E-state index in [-0.39, 0.29) is 26.3 Å². The molecule has 16 heteroatoms. The summed E-state index contributed by atoms with van der Waals surface area (Å²) in [4.78, 5) is 93.0. The zero-order chi connectivity index (χ0) is 55.5. The number of ether oxygens (including phenoxy) is 4. The van der Waals surface area contributed by atoms with Gasteiger partial charge in [0.2, 0.25) is 0 Å². The fourth-order valence-electron chi connectivity index (χ4n) is 12.2. The Kier molecular flexibility index (Phi) is 13.9. The van der Waals surface area contributed by atoms with E-state index in [1.165, 1.54) is 41.8 Å². The van der Waals surface area contributed by atoms with Crippen molar-refractivity contribution < 1.29 is 47.7 Å². The highest BCUT2D eigenvalue weighted by molar-refractivity contribution is 7.16. The van der Waals surface area contributed by atoms with Crippen molar-refractivity contribution in [1.82, 2.24) is 9.80 Å². The van der Waals surface area contributed by atoms with Crippen LogP contribution in [0.1, 0.15) is 102 Å². The third-order valence-corrected chi connectivity index (χ3v) is 18.5. The van der Waals surface area contributed by atoms with E-state index in [1.54, 1.807) is 71.2 Å². The third kappa shape index (κ3) is 9.48. The lowest BCUT2D eigenvalue weighted by Gasteiger charge is -2.32. The lowest BCUT2D eigenvalue weighted by molar-refractivity contribution is 0.0405. The van der Waals surface area contributed by atoms with E-state index in [0.717, 1.165) is 88.5 Å². The molecule has 0 atom stereocenters. The molecule has 13 rings (SSSR count). The Morgan fingerprint density at radius 3 is 1.26 bits per heavy atom. The molecule has 2 aromatic heterocycles. The summed E-state index contributed by atoms with van der Waals surface area (Å²) in [6.07, 6.45) is 2.98. The van der Waals surface area contributed by atoms with Gasteiger partial charge in [0.1, 0.15) is 13.2 Å². The number of carbonyl (C=O) groups is 6. The number of anilines is 2. The van der Waals surface area contributed by atoms with Crippen LogP contribution in [0, 0.1) is 13.8 Å². The number of aryl methyl sites for hydroxylation is 2. The van der Waals surface area contributed by atoms with Crippen molar-refractivity contribution in [2.24, 2.45) is 0 Å². The van der Waals surface area contributed by atoms with Crippen LogP contribution in [0.5, 0.6) is 0 Å². The summed E-state index contributed by atoms with van der Waals surface area (Å²) in [7, 11) is 0. The molecule has 6 aromatic carbocycles. The third-order valence-electron chi connectivity index (χ3n) is 16.3. The summed E-state index contributed by atoms with van der Waals surface area (Å²) < 4.78 is 22.4. The molecule has 2 saturated heterocycles. The van der Waals surface area contributed by atoms with Gasteiger partial charge in [0, 0.05) is 101 Å². The molecule has 4 aliphatic heterocycles. The molecule has 0 bridgehead atoms. The van der Waals surface area contributed by atoms with Gasteiger partial charge < -0.3 is 28.7 Å². The van der Waals surface area contributed by atoms with Crippen molar-refractivity contribution in [2.75, 3.05) is 88.7 Å². The Morgan fingerprint density at radius 2 is 0.864 bits per heavy atom. The quantitative estimate of drug-likeness (QED) is 0.0752. The fraction of sp³-hybridized carbons (Fsp3) is 0.262. The molecule has 81 heavy (non-hydrogen) atoms. The Bertz CT molecular complexity index is 3640. The number of amides is 4. The standard InChI is InChI=1S/C65H56N4O10S2/c1-38-52(36-56(80-38)40-12-16-42(17-13-40)64(74)78-34-28-68-60(70)48-10-4-8-46-54(66-24-30-76-31-25-66)22-20-50(58(46)48)62(68)72)44-6-3-7-45(44)53-37-57(81-39(53)2)41-14-18-43(19-15-41)65(75)79-35-29-69-61(71)49-11-5-9-47-55(67-26-32-77-33-27-67)23-21-51(59(47)49)63(69)73/h4-5,8-23,36-37H,3,6-7,24-35H2,1-2H3. The van der Waals surface area contributed by atoms with Crippen molar-refractivity contribution in [2.45, 2.75) is 33.1 Å². The van der Waals surface area contributed by atoms with Gasteiger partial charge in [0.25, 0.3) is 23.6 Å². The number of esters is 2. The minimum absolute atomic E-state index is 0.0694. The van der Waals surface area contributed by atoms with E-state index >= 15 is 0 Å². The number of benzene rings is 6. The zero-order valence-electron chi connectivity index (χ0n) is 44.8. The van der Waals surface area contributed by atoms with Gasteiger partial charge in [0.05, 0.1) is 50.6 Å². The normalized spacial score (nSPS) is 16.4. The lowest BCUT2D eigenvalue weighted by atomic mass is 9.92.